The van der Waals surface area contributed by atoms with E-state index in [9.17, 15) is 4.79 Å². The first kappa shape index (κ1) is 18.0. The molecule has 5 nitrogen and oxygen atoms in total. The zero-order valence-corrected chi connectivity index (χ0v) is 13.8. The van der Waals surface area contributed by atoms with Gasteiger partial charge in [0.2, 0.25) is 0 Å². The number of ether oxygens (including phenoxy) is 2. The lowest BCUT2D eigenvalue weighted by Gasteiger charge is -2.25. The number of hydrogen-bond acceptors (Lipinski definition) is 5. The van der Waals surface area contributed by atoms with Crippen molar-refractivity contribution in [1.82, 2.24) is 0 Å². The van der Waals surface area contributed by atoms with Crippen LogP contribution >= 0.6 is 0 Å². The Balaban J connectivity index is 0.00000116. The molecule has 1 aromatic rings. The number of esters is 1. The lowest BCUT2D eigenvalue weighted by atomic mass is 9.97. The molecule has 0 saturated carbocycles. The van der Waals surface area contributed by atoms with Crippen LogP contribution < -0.4 is 4.74 Å². The van der Waals surface area contributed by atoms with Crippen molar-refractivity contribution in [1.29, 1.82) is 0 Å². The quantitative estimate of drug-likeness (QED) is 0.400. The molecule has 0 amide bonds. The molecule has 1 atom stereocenters. The molecular formula is C17H25NO4. The van der Waals surface area contributed by atoms with Crippen LogP contribution in [0.15, 0.2) is 23.4 Å². The van der Waals surface area contributed by atoms with Gasteiger partial charge in [-0.3, -0.25) is 4.79 Å². The number of nitrogens with zero attached hydrogens (tertiary/aromatic N) is 1. The van der Waals surface area contributed by atoms with E-state index < -0.39 is 0 Å². The van der Waals surface area contributed by atoms with E-state index in [-0.39, 0.29) is 18.5 Å². The minimum atomic E-state index is -0.221. The van der Waals surface area contributed by atoms with Crippen LogP contribution in [0.2, 0.25) is 0 Å². The summed E-state index contributed by atoms with van der Waals surface area (Å²) in [5.74, 6) is 0.570. The minimum Gasteiger partial charge on any atom is -0.490 e. The second-order valence-corrected chi connectivity index (χ2v) is 4.80. The Labute approximate surface area is 131 Å². The minimum absolute atomic E-state index is 0.125. The average Bonchev–Trinajstić information content (AvgIpc) is 2.55. The van der Waals surface area contributed by atoms with Gasteiger partial charge < -0.3 is 14.7 Å². The number of benzene rings is 1. The maximum Gasteiger partial charge on any atom is 0.309 e. The molecule has 0 fully saturated rings. The second-order valence-electron chi connectivity index (χ2n) is 4.80. The summed E-state index contributed by atoms with van der Waals surface area (Å²) in [4.78, 5) is 11.5. The Kier molecular flexibility index (Phi) is 7.43. The first-order valence-electron chi connectivity index (χ1n) is 7.78. The third-order valence-electron chi connectivity index (χ3n) is 3.36. The fourth-order valence-corrected chi connectivity index (χ4v) is 2.28. The van der Waals surface area contributed by atoms with Gasteiger partial charge in [0.15, 0.2) is 0 Å². The first-order chi connectivity index (χ1) is 10.6. The maximum absolute atomic E-state index is 11.5. The van der Waals surface area contributed by atoms with E-state index in [0.717, 1.165) is 29.7 Å². The van der Waals surface area contributed by atoms with Gasteiger partial charge in [-0.15, -0.1) is 0 Å². The molecule has 5 heteroatoms. The van der Waals surface area contributed by atoms with Crippen molar-refractivity contribution in [2.75, 3.05) is 6.61 Å². The highest BCUT2D eigenvalue weighted by Gasteiger charge is 2.23. The smallest absolute Gasteiger partial charge is 0.309 e. The topological polar surface area (TPSA) is 68.1 Å². The number of hydrogen-bond donors (Lipinski definition) is 1. The van der Waals surface area contributed by atoms with Gasteiger partial charge in [0.05, 0.1) is 18.7 Å². The van der Waals surface area contributed by atoms with Crippen LogP contribution in [0.3, 0.4) is 0 Å². The van der Waals surface area contributed by atoms with Gasteiger partial charge in [0.25, 0.3) is 0 Å². The van der Waals surface area contributed by atoms with Crippen molar-refractivity contribution in [3.63, 3.8) is 0 Å². The van der Waals surface area contributed by atoms with E-state index in [1.165, 1.54) is 0 Å². The molecule has 0 radical (unpaired) electrons. The zero-order valence-electron chi connectivity index (χ0n) is 13.8. The maximum atomic E-state index is 11.5. The fourth-order valence-electron chi connectivity index (χ4n) is 2.28. The molecule has 1 N–H and O–H groups in total. The molecule has 0 bridgehead atoms. The van der Waals surface area contributed by atoms with Crippen molar-refractivity contribution in [3.05, 3.63) is 29.3 Å². The molecule has 0 aliphatic carbocycles. The normalized spacial score (nSPS) is 16.7. The molecule has 122 valence electrons. The van der Waals surface area contributed by atoms with E-state index in [1.54, 1.807) is 13.8 Å². The van der Waals surface area contributed by atoms with E-state index >= 15 is 0 Å². The molecule has 0 saturated heterocycles. The molecule has 1 heterocycles. The van der Waals surface area contributed by atoms with Gasteiger partial charge in [-0.05, 0) is 56.0 Å². The number of oxime groups is 1. The van der Waals surface area contributed by atoms with Crippen LogP contribution in [-0.4, -0.2) is 29.6 Å². The Hall–Kier alpha value is -2.04. The third kappa shape index (κ3) is 4.76. The fraction of sp³-hybridized carbons (Fsp3) is 0.529. The van der Waals surface area contributed by atoms with E-state index in [4.69, 9.17) is 14.7 Å². The molecular weight excluding hydrogens is 282 g/mol. The molecule has 1 unspecified atom stereocenters. The van der Waals surface area contributed by atoms with Crippen molar-refractivity contribution >= 4 is 11.7 Å². The third-order valence-corrected chi connectivity index (χ3v) is 3.36. The van der Waals surface area contributed by atoms with Crippen molar-refractivity contribution in [3.8, 4) is 5.75 Å². The molecule has 1 aliphatic rings. The van der Waals surface area contributed by atoms with Gasteiger partial charge in [-0.2, -0.15) is 0 Å². The van der Waals surface area contributed by atoms with E-state index in [2.05, 4.69) is 5.16 Å². The van der Waals surface area contributed by atoms with Crippen molar-refractivity contribution in [2.45, 2.75) is 53.1 Å². The molecule has 2 rings (SSSR count). The first-order valence-corrected chi connectivity index (χ1v) is 7.78. The van der Waals surface area contributed by atoms with E-state index in [0.29, 0.717) is 12.3 Å². The summed E-state index contributed by atoms with van der Waals surface area (Å²) in [5, 5.41) is 12.0. The van der Waals surface area contributed by atoms with Gasteiger partial charge in [0.1, 0.15) is 11.9 Å². The molecule has 1 aromatic carbocycles. The lowest BCUT2D eigenvalue weighted by molar-refractivity contribution is -0.145. The van der Waals surface area contributed by atoms with Crippen LogP contribution in [0.1, 0.15) is 51.7 Å². The molecule has 1 aliphatic heterocycles. The van der Waals surface area contributed by atoms with E-state index in [1.807, 2.05) is 32.0 Å². The zero-order chi connectivity index (χ0) is 16.5. The number of carbonyl (C=O) groups is 1. The average molecular weight is 307 g/mol. The number of aryl methyl sites for hydroxylation is 1. The predicted octanol–water partition coefficient (Wildman–Crippen LogP) is 3.56. The summed E-state index contributed by atoms with van der Waals surface area (Å²) in [6.07, 6.45) is 1.78. The highest BCUT2D eigenvalue weighted by atomic mass is 16.5. The number of carbonyl (C=O) groups excluding carboxylic acids is 1. The van der Waals surface area contributed by atoms with Gasteiger partial charge in [-0.25, -0.2) is 0 Å². The Bertz CT molecular complexity index is 525. The summed E-state index contributed by atoms with van der Waals surface area (Å²) >= 11 is 0. The summed E-state index contributed by atoms with van der Waals surface area (Å²) in [5.41, 5.74) is 2.52. The van der Waals surface area contributed by atoms with Crippen molar-refractivity contribution in [2.24, 2.45) is 5.16 Å². The molecule has 22 heavy (non-hydrogen) atoms. The standard InChI is InChI=1S/C15H19NO4.C2H6/c1-3-19-15(17)9-13-6-4-12-8-11(10(2)16-18)5-7-14(12)20-13;1-2/h5,7-8,13,18H,3-4,6,9H2,1-2H3;1-2H3/b16-10-;. The monoisotopic (exact) mass is 307 g/mol. The Morgan fingerprint density at radius 2 is 2.18 bits per heavy atom. The number of fused-ring (bicyclic) bond motifs is 1. The summed E-state index contributed by atoms with van der Waals surface area (Å²) < 4.78 is 10.7. The highest BCUT2D eigenvalue weighted by Crippen LogP contribution is 2.29. The van der Waals surface area contributed by atoms with Crippen LogP contribution in [-0.2, 0) is 16.0 Å². The van der Waals surface area contributed by atoms with Crippen LogP contribution in [0, 0.1) is 0 Å². The summed E-state index contributed by atoms with van der Waals surface area (Å²) in [6.45, 7) is 7.93. The lowest BCUT2D eigenvalue weighted by Crippen LogP contribution is -2.26. The summed E-state index contributed by atoms with van der Waals surface area (Å²) in [7, 11) is 0. The predicted molar refractivity (Wildman–Crippen MR) is 85.8 cm³/mol. The highest BCUT2D eigenvalue weighted by molar-refractivity contribution is 5.98. The largest absolute Gasteiger partial charge is 0.490 e. The van der Waals surface area contributed by atoms with Gasteiger partial charge in [0, 0.05) is 0 Å². The van der Waals surface area contributed by atoms with Gasteiger partial charge >= 0.3 is 5.97 Å². The van der Waals surface area contributed by atoms with Crippen molar-refractivity contribution < 1.29 is 19.5 Å². The second kappa shape index (κ2) is 9.07. The molecule has 0 spiro atoms. The number of rotatable bonds is 4. The Morgan fingerprint density at radius 1 is 1.45 bits per heavy atom. The van der Waals surface area contributed by atoms with Crippen LogP contribution in [0.25, 0.3) is 0 Å². The van der Waals surface area contributed by atoms with Gasteiger partial charge in [-0.1, -0.05) is 19.0 Å². The SMILES string of the molecule is CC.CCOC(=O)CC1CCc2cc(/C(C)=N\O)ccc2O1. The Morgan fingerprint density at radius 3 is 2.82 bits per heavy atom. The molecule has 0 aromatic heterocycles. The summed E-state index contributed by atoms with van der Waals surface area (Å²) in [6, 6.07) is 5.67. The van der Waals surface area contributed by atoms with Crippen LogP contribution in [0.5, 0.6) is 5.75 Å². The van der Waals surface area contributed by atoms with Crippen LogP contribution in [0.4, 0.5) is 0 Å².